The summed E-state index contributed by atoms with van der Waals surface area (Å²) in [4.78, 5) is 42.3. The lowest BCUT2D eigenvalue weighted by atomic mass is 10.0. The number of benzene rings is 2. The maximum absolute atomic E-state index is 13.6. The summed E-state index contributed by atoms with van der Waals surface area (Å²) in [7, 11) is 1.68. The number of halogens is 1. The second-order valence-corrected chi connectivity index (χ2v) is 8.19. The fourth-order valence-electron chi connectivity index (χ4n) is 3.60. The lowest BCUT2D eigenvalue weighted by Crippen LogP contribution is -2.46. The Morgan fingerprint density at radius 3 is 2.52 bits per heavy atom. The highest BCUT2D eigenvalue weighted by molar-refractivity contribution is 14.1. The van der Waals surface area contributed by atoms with Crippen LogP contribution in [0.3, 0.4) is 0 Å². The number of ether oxygens (including phenoxy) is 1. The number of carbonyl (C=O) groups excluding carboxylic acids is 3. The molecule has 2 amide bonds. The lowest BCUT2D eigenvalue weighted by molar-refractivity contribution is -0.144. The molecule has 1 heterocycles. The fraction of sp³-hybridized carbons (Fsp3) is 0.318. The summed E-state index contributed by atoms with van der Waals surface area (Å²) in [5, 5.41) is 0. The van der Waals surface area contributed by atoms with Crippen molar-refractivity contribution in [2.24, 2.45) is 0 Å². The summed E-state index contributed by atoms with van der Waals surface area (Å²) in [5.74, 6) is -0.894. The normalized spacial score (nSPS) is 17.6. The van der Waals surface area contributed by atoms with E-state index in [0.29, 0.717) is 16.8 Å². The Balaban J connectivity index is 2.13. The predicted molar refractivity (Wildman–Crippen MR) is 119 cm³/mol. The van der Waals surface area contributed by atoms with Gasteiger partial charge in [0.05, 0.1) is 24.3 Å². The van der Waals surface area contributed by atoms with E-state index in [1.54, 1.807) is 33.0 Å². The van der Waals surface area contributed by atoms with E-state index in [4.69, 9.17) is 4.74 Å². The van der Waals surface area contributed by atoms with Gasteiger partial charge in [-0.25, -0.2) is 0 Å². The number of carbonyl (C=O) groups is 3. The highest BCUT2D eigenvalue weighted by Gasteiger charge is 2.41. The minimum Gasteiger partial charge on any atom is -0.466 e. The van der Waals surface area contributed by atoms with Gasteiger partial charge in [-0.3, -0.25) is 14.4 Å². The Morgan fingerprint density at radius 1 is 1.17 bits per heavy atom. The quantitative estimate of drug-likeness (QED) is 0.458. The van der Waals surface area contributed by atoms with Crippen LogP contribution in [0.5, 0.6) is 0 Å². The van der Waals surface area contributed by atoms with Gasteiger partial charge in [0.25, 0.3) is 11.8 Å². The van der Waals surface area contributed by atoms with Crippen LogP contribution in [0.25, 0.3) is 0 Å². The van der Waals surface area contributed by atoms with Gasteiger partial charge in [0.2, 0.25) is 0 Å². The maximum atomic E-state index is 13.6. The van der Waals surface area contributed by atoms with Crippen molar-refractivity contribution >= 4 is 46.1 Å². The zero-order valence-electron chi connectivity index (χ0n) is 16.6. The number of fused-ring (bicyclic) bond motifs is 1. The van der Waals surface area contributed by atoms with Gasteiger partial charge in [0, 0.05) is 16.7 Å². The average molecular weight is 506 g/mol. The molecule has 0 radical (unpaired) electrons. The third kappa shape index (κ3) is 4.29. The molecule has 29 heavy (non-hydrogen) atoms. The number of esters is 1. The monoisotopic (exact) mass is 506 g/mol. The van der Waals surface area contributed by atoms with Gasteiger partial charge in [-0.15, -0.1) is 0 Å². The second-order valence-electron chi connectivity index (χ2n) is 6.94. The Labute approximate surface area is 184 Å². The molecule has 0 spiro atoms. The molecule has 6 nitrogen and oxygen atoms in total. The highest BCUT2D eigenvalue weighted by atomic mass is 127. The molecule has 0 saturated carbocycles. The van der Waals surface area contributed by atoms with Gasteiger partial charge in [0.15, 0.2) is 0 Å². The Hall–Kier alpha value is -2.42. The summed E-state index contributed by atoms with van der Waals surface area (Å²) in [6, 6.07) is 13.3. The molecule has 2 aromatic carbocycles. The zero-order valence-corrected chi connectivity index (χ0v) is 18.8. The molecule has 0 aromatic heterocycles. The van der Waals surface area contributed by atoms with Gasteiger partial charge >= 0.3 is 5.97 Å². The fourth-order valence-corrected chi connectivity index (χ4v) is 4.09. The Kier molecular flexibility index (Phi) is 6.56. The molecule has 0 bridgehead atoms. The number of likely N-dealkylation sites (N-methyl/N-ethyl adjacent to an activating group) is 1. The van der Waals surface area contributed by atoms with Crippen molar-refractivity contribution in [2.45, 2.75) is 32.4 Å². The summed E-state index contributed by atoms with van der Waals surface area (Å²) in [5.41, 5.74) is 1.71. The van der Waals surface area contributed by atoms with E-state index in [0.717, 1.165) is 3.57 Å². The standard InChI is InChI=1S/C22H23IN2O4/c1-4-29-19(26)12-14(2)25-20(15-8-6-5-7-9-15)22(28)24(3)18-11-10-16(23)13-17(18)21(25)27/h5-11,13-14,20H,4,12H2,1-3H3. The SMILES string of the molecule is CCOC(=O)CC(C)N1C(=O)c2cc(I)ccc2N(C)C(=O)C1c1ccccc1. The molecule has 1 aliphatic rings. The van der Waals surface area contributed by atoms with Crippen molar-refractivity contribution in [1.82, 2.24) is 4.90 Å². The van der Waals surface area contributed by atoms with Crippen molar-refractivity contribution in [2.75, 3.05) is 18.6 Å². The summed E-state index contributed by atoms with van der Waals surface area (Å²) >= 11 is 2.14. The van der Waals surface area contributed by atoms with Crippen LogP contribution in [0.2, 0.25) is 0 Å². The molecular weight excluding hydrogens is 483 g/mol. The summed E-state index contributed by atoms with van der Waals surface area (Å²) in [6.07, 6.45) is 0.0131. The summed E-state index contributed by atoms with van der Waals surface area (Å²) < 4.78 is 5.97. The first kappa shape index (κ1) is 21.3. The van der Waals surface area contributed by atoms with E-state index in [9.17, 15) is 14.4 Å². The van der Waals surface area contributed by atoms with Crippen LogP contribution >= 0.6 is 22.6 Å². The number of hydrogen-bond donors (Lipinski definition) is 0. The molecule has 152 valence electrons. The molecular formula is C22H23IN2O4. The first-order valence-corrected chi connectivity index (χ1v) is 10.5. The molecule has 2 atom stereocenters. The van der Waals surface area contributed by atoms with Gasteiger partial charge < -0.3 is 14.5 Å². The molecule has 0 N–H and O–H groups in total. The predicted octanol–water partition coefficient (Wildman–Crippen LogP) is 3.79. The van der Waals surface area contributed by atoms with Crippen LogP contribution in [0.15, 0.2) is 48.5 Å². The topological polar surface area (TPSA) is 66.9 Å². The van der Waals surface area contributed by atoms with Gasteiger partial charge in [-0.1, -0.05) is 30.3 Å². The van der Waals surface area contributed by atoms with Crippen LogP contribution in [-0.2, 0) is 14.3 Å². The molecule has 1 aliphatic heterocycles. The number of nitrogens with zero attached hydrogens (tertiary/aromatic N) is 2. The van der Waals surface area contributed by atoms with Crippen molar-refractivity contribution in [3.8, 4) is 0 Å². The van der Waals surface area contributed by atoms with Crippen molar-refractivity contribution in [1.29, 1.82) is 0 Å². The van der Waals surface area contributed by atoms with E-state index in [-0.39, 0.29) is 24.8 Å². The van der Waals surface area contributed by atoms with Crippen molar-refractivity contribution < 1.29 is 19.1 Å². The van der Waals surface area contributed by atoms with E-state index >= 15 is 0 Å². The van der Waals surface area contributed by atoms with Crippen molar-refractivity contribution in [3.63, 3.8) is 0 Å². The number of amides is 2. The molecule has 0 fully saturated rings. The van der Waals surface area contributed by atoms with Gasteiger partial charge in [-0.05, 0) is 60.2 Å². The summed E-state index contributed by atoms with van der Waals surface area (Å²) in [6.45, 7) is 3.78. The molecule has 3 rings (SSSR count). The van der Waals surface area contributed by atoms with Gasteiger partial charge in [0.1, 0.15) is 6.04 Å². The molecule has 7 heteroatoms. The number of rotatable bonds is 5. The van der Waals surface area contributed by atoms with E-state index in [1.807, 2.05) is 36.4 Å². The second kappa shape index (κ2) is 8.94. The van der Waals surface area contributed by atoms with Crippen LogP contribution < -0.4 is 4.90 Å². The van der Waals surface area contributed by atoms with E-state index in [2.05, 4.69) is 22.6 Å². The minimum atomic E-state index is -0.830. The molecule has 2 aromatic rings. The first-order chi connectivity index (χ1) is 13.8. The van der Waals surface area contributed by atoms with Crippen LogP contribution in [0, 0.1) is 3.57 Å². The third-order valence-corrected chi connectivity index (χ3v) is 5.66. The van der Waals surface area contributed by atoms with Crippen LogP contribution in [0.1, 0.15) is 42.2 Å². The Bertz CT molecular complexity index is 932. The lowest BCUT2D eigenvalue weighted by Gasteiger charge is -2.34. The Morgan fingerprint density at radius 2 is 1.86 bits per heavy atom. The smallest absolute Gasteiger partial charge is 0.307 e. The first-order valence-electron chi connectivity index (χ1n) is 9.45. The average Bonchev–Trinajstić information content (AvgIpc) is 2.78. The molecule has 2 unspecified atom stereocenters. The molecule has 0 aliphatic carbocycles. The number of hydrogen-bond acceptors (Lipinski definition) is 4. The van der Waals surface area contributed by atoms with E-state index < -0.39 is 18.1 Å². The number of anilines is 1. The third-order valence-electron chi connectivity index (χ3n) is 4.99. The van der Waals surface area contributed by atoms with E-state index in [1.165, 1.54) is 9.80 Å². The highest BCUT2D eigenvalue weighted by Crippen LogP contribution is 2.36. The van der Waals surface area contributed by atoms with Crippen molar-refractivity contribution in [3.05, 3.63) is 63.2 Å². The zero-order chi connectivity index (χ0) is 21.1. The maximum Gasteiger partial charge on any atom is 0.307 e. The van der Waals surface area contributed by atoms with Crippen LogP contribution in [-0.4, -0.2) is 42.4 Å². The van der Waals surface area contributed by atoms with Gasteiger partial charge in [-0.2, -0.15) is 0 Å². The molecule has 0 saturated heterocycles. The minimum absolute atomic E-state index is 0.0131. The largest absolute Gasteiger partial charge is 0.466 e. The van der Waals surface area contributed by atoms with Crippen LogP contribution in [0.4, 0.5) is 5.69 Å².